The zero-order valence-electron chi connectivity index (χ0n) is 19.4. The molecule has 9 nitrogen and oxygen atoms in total. The predicted molar refractivity (Wildman–Crippen MR) is 127 cm³/mol. The maximum atomic E-state index is 13.1. The first kappa shape index (κ1) is 24.0. The lowest BCUT2D eigenvalue weighted by Crippen LogP contribution is -2.50. The highest BCUT2D eigenvalue weighted by molar-refractivity contribution is 6.38. The van der Waals surface area contributed by atoms with Gasteiger partial charge in [0.05, 0.1) is 5.69 Å². The zero-order chi connectivity index (χ0) is 25.2. The number of aliphatic hydroxyl groups is 1. The SMILES string of the molecule is CN1C(=O)[C@@H](NC(=O)C2=NC(Cc3ccc(F)cc3)N=N2)COc2ccc(C#CC(C)(C)O)cc21. The Bertz CT molecular complexity index is 1270. The van der Waals surface area contributed by atoms with E-state index in [1.807, 2.05) is 0 Å². The van der Waals surface area contributed by atoms with Crippen molar-refractivity contribution in [3.63, 3.8) is 0 Å². The van der Waals surface area contributed by atoms with Crippen LogP contribution in [0.1, 0.15) is 25.0 Å². The minimum atomic E-state index is -1.15. The van der Waals surface area contributed by atoms with Crippen LogP contribution in [0.4, 0.5) is 10.1 Å². The van der Waals surface area contributed by atoms with E-state index in [0.717, 1.165) is 5.56 Å². The summed E-state index contributed by atoms with van der Waals surface area (Å²) in [5.74, 6) is 4.55. The lowest BCUT2D eigenvalue weighted by molar-refractivity contribution is -0.124. The molecule has 2 aromatic rings. The Morgan fingerprint density at radius 3 is 2.74 bits per heavy atom. The van der Waals surface area contributed by atoms with Gasteiger partial charge in [0.25, 0.3) is 11.8 Å². The number of anilines is 1. The van der Waals surface area contributed by atoms with Crippen molar-refractivity contribution < 1.29 is 23.8 Å². The third-order valence-corrected chi connectivity index (χ3v) is 5.26. The number of halogens is 1. The molecule has 35 heavy (non-hydrogen) atoms. The highest BCUT2D eigenvalue weighted by Gasteiger charge is 2.32. The van der Waals surface area contributed by atoms with Crippen LogP contribution in [0.2, 0.25) is 0 Å². The maximum Gasteiger partial charge on any atom is 0.291 e. The number of likely N-dealkylation sites (N-methyl/N-ethyl adjacent to an activating group) is 1. The van der Waals surface area contributed by atoms with Crippen LogP contribution in [0, 0.1) is 17.7 Å². The molecule has 10 heteroatoms. The van der Waals surface area contributed by atoms with E-state index in [4.69, 9.17) is 4.74 Å². The molecular weight excluding hydrogens is 453 g/mol. The van der Waals surface area contributed by atoms with Gasteiger partial charge in [-0.1, -0.05) is 24.0 Å². The monoisotopic (exact) mass is 477 g/mol. The Labute approximate surface area is 201 Å². The minimum absolute atomic E-state index is 0.0833. The smallest absolute Gasteiger partial charge is 0.291 e. The van der Waals surface area contributed by atoms with E-state index >= 15 is 0 Å². The summed E-state index contributed by atoms with van der Waals surface area (Å²) in [5.41, 5.74) is 0.744. The summed E-state index contributed by atoms with van der Waals surface area (Å²) in [6.45, 7) is 3.07. The molecule has 1 unspecified atom stereocenters. The normalized spacial score (nSPS) is 19.2. The summed E-state index contributed by atoms with van der Waals surface area (Å²) < 4.78 is 18.9. The molecule has 0 radical (unpaired) electrons. The largest absolute Gasteiger partial charge is 0.489 e. The van der Waals surface area contributed by atoms with Gasteiger partial charge >= 0.3 is 0 Å². The first-order valence-corrected chi connectivity index (χ1v) is 10.9. The van der Waals surface area contributed by atoms with Gasteiger partial charge in [-0.2, -0.15) is 5.11 Å². The zero-order valence-corrected chi connectivity index (χ0v) is 19.4. The lowest BCUT2D eigenvalue weighted by Gasteiger charge is -2.20. The van der Waals surface area contributed by atoms with E-state index in [1.165, 1.54) is 17.0 Å². The number of hydrogen-bond acceptors (Lipinski definition) is 7. The van der Waals surface area contributed by atoms with Gasteiger partial charge in [-0.05, 0) is 49.7 Å². The number of rotatable bonds is 4. The van der Waals surface area contributed by atoms with Crippen molar-refractivity contribution in [3.8, 4) is 17.6 Å². The molecule has 2 aliphatic rings. The van der Waals surface area contributed by atoms with Crippen molar-refractivity contribution in [2.45, 2.75) is 38.1 Å². The van der Waals surface area contributed by atoms with Gasteiger partial charge in [0.2, 0.25) is 5.84 Å². The first-order chi connectivity index (χ1) is 16.6. The van der Waals surface area contributed by atoms with Crippen LogP contribution >= 0.6 is 0 Å². The first-order valence-electron chi connectivity index (χ1n) is 10.9. The van der Waals surface area contributed by atoms with Crippen LogP contribution in [0.15, 0.2) is 57.7 Å². The molecule has 0 spiro atoms. The number of nitrogens with one attached hydrogen (secondary N) is 1. The Kier molecular flexibility index (Phi) is 6.62. The van der Waals surface area contributed by atoms with Gasteiger partial charge < -0.3 is 20.1 Å². The van der Waals surface area contributed by atoms with Gasteiger partial charge in [0, 0.05) is 19.0 Å². The number of carbonyl (C=O) groups excluding carboxylic acids is 2. The molecule has 180 valence electrons. The van der Waals surface area contributed by atoms with Crippen LogP contribution in [-0.2, 0) is 16.0 Å². The van der Waals surface area contributed by atoms with Crippen LogP contribution in [0.25, 0.3) is 0 Å². The molecule has 0 aromatic heterocycles. The molecule has 0 fully saturated rings. The summed E-state index contributed by atoms with van der Waals surface area (Å²) in [7, 11) is 1.58. The third-order valence-electron chi connectivity index (χ3n) is 5.26. The lowest BCUT2D eigenvalue weighted by atomic mass is 10.1. The number of fused-ring (bicyclic) bond motifs is 1. The standard InChI is InChI=1S/C25H24FN5O4/c1-25(2,34)11-10-16-6-9-20-19(12-16)31(3)24(33)18(14-35-20)27-23(32)22-28-21(29-30-22)13-15-4-7-17(26)8-5-15/h4-9,12,18,21,34H,13-14H2,1-3H3,(H,27,32)/t18-,21?/m0/s1. The van der Waals surface area contributed by atoms with E-state index < -0.39 is 23.7 Å². The summed E-state index contributed by atoms with van der Waals surface area (Å²) in [4.78, 5) is 31.4. The summed E-state index contributed by atoms with van der Waals surface area (Å²) >= 11 is 0. The fourth-order valence-corrected chi connectivity index (χ4v) is 3.46. The number of benzene rings is 2. The molecule has 2 amide bonds. The van der Waals surface area contributed by atoms with E-state index in [-0.39, 0.29) is 24.2 Å². The average molecular weight is 477 g/mol. The van der Waals surface area contributed by atoms with Crippen molar-refractivity contribution in [2.24, 2.45) is 15.2 Å². The van der Waals surface area contributed by atoms with Crippen LogP contribution in [0.5, 0.6) is 5.75 Å². The number of amidine groups is 1. The fraction of sp³-hybridized carbons (Fsp3) is 0.320. The van der Waals surface area contributed by atoms with Gasteiger partial charge in [0.15, 0.2) is 6.17 Å². The molecule has 2 atom stereocenters. The Hall–Kier alpha value is -4.10. The number of ether oxygens (including phenoxy) is 1. The number of aliphatic imine (C=N–C) groups is 1. The van der Waals surface area contributed by atoms with Gasteiger partial charge in [-0.3, -0.25) is 9.59 Å². The van der Waals surface area contributed by atoms with E-state index in [9.17, 15) is 19.1 Å². The van der Waals surface area contributed by atoms with Crippen LogP contribution < -0.4 is 15.0 Å². The van der Waals surface area contributed by atoms with Crippen molar-refractivity contribution in [3.05, 3.63) is 59.4 Å². The van der Waals surface area contributed by atoms with Crippen molar-refractivity contribution in [2.75, 3.05) is 18.6 Å². The molecule has 2 heterocycles. The average Bonchev–Trinajstić information content (AvgIpc) is 3.25. The number of amides is 2. The summed E-state index contributed by atoms with van der Waals surface area (Å²) in [6, 6.07) is 10.0. The second kappa shape index (κ2) is 9.64. The van der Waals surface area contributed by atoms with E-state index in [1.54, 1.807) is 51.2 Å². The second-order valence-electron chi connectivity index (χ2n) is 8.71. The molecule has 2 aromatic carbocycles. The molecule has 4 rings (SSSR count). The third kappa shape index (κ3) is 5.88. The van der Waals surface area contributed by atoms with Crippen molar-refractivity contribution >= 4 is 23.3 Å². The molecular formula is C25H24FN5O4. The molecule has 0 bridgehead atoms. The molecule has 0 saturated carbocycles. The highest BCUT2D eigenvalue weighted by Crippen LogP contribution is 2.31. The molecule has 2 aliphatic heterocycles. The van der Waals surface area contributed by atoms with Gasteiger partial charge in [-0.15, -0.1) is 5.11 Å². The topological polar surface area (TPSA) is 116 Å². The van der Waals surface area contributed by atoms with Crippen LogP contribution in [0.3, 0.4) is 0 Å². The minimum Gasteiger partial charge on any atom is -0.489 e. The van der Waals surface area contributed by atoms with Gasteiger partial charge in [-0.25, -0.2) is 9.38 Å². The second-order valence-corrected chi connectivity index (χ2v) is 8.71. The van der Waals surface area contributed by atoms with Crippen molar-refractivity contribution in [1.29, 1.82) is 0 Å². The predicted octanol–water partition coefficient (Wildman–Crippen LogP) is 2.22. The maximum absolute atomic E-state index is 13.1. The number of carbonyl (C=O) groups is 2. The summed E-state index contributed by atoms with van der Waals surface area (Å²) in [5, 5.41) is 20.3. The van der Waals surface area contributed by atoms with Gasteiger partial charge in [0.1, 0.15) is 29.8 Å². The molecule has 2 N–H and O–H groups in total. The van der Waals surface area contributed by atoms with E-state index in [0.29, 0.717) is 23.4 Å². The number of nitrogens with zero attached hydrogens (tertiary/aromatic N) is 4. The number of azo groups is 1. The summed E-state index contributed by atoms with van der Waals surface area (Å²) in [6.07, 6.45) is -0.236. The quantitative estimate of drug-likeness (QED) is 0.657. The molecule has 0 aliphatic carbocycles. The Balaban J connectivity index is 1.43. The van der Waals surface area contributed by atoms with Crippen LogP contribution in [-0.4, -0.2) is 54.2 Å². The van der Waals surface area contributed by atoms with E-state index in [2.05, 4.69) is 32.4 Å². The number of hydrogen-bond donors (Lipinski definition) is 2. The Morgan fingerprint density at radius 1 is 1.29 bits per heavy atom. The molecule has 0 saturated heterocycles. The fourth-order valence-electron chi connectivity index (χ4n) is 3.46. The van der Waals surface area contributed by atoms with Crippen molar-refractivity contribution in [1.82, 2.24) is 5.32 Å². The highest BCUT2D eigenvalue weighted by atomic mass is 19.1. The Morgan fingerprint density at radius 2 is 2.03 bits per heavy atom.